The van der Waals surface area contributed by atoms with Crippen LogP contribution in [0.1, 0.15) is 25.3 Å². The maximum atomic E-state index is 13.5. The van der Waals surface area contributed by atoms with E-state index >= 15 is 0 Å². The molecule has 1 aliphatic carbocycles. The van der Waals surface area contributed by atoms with Gasteiger partial charge in [0.1, 0.15) is 31.2 Å². The van der Waals surface area contributed by atoms with Gasteiger partial charge in [0.05, 0.1) is 36.3 Å². The fraction of sp³-hybridized carbons (Fsp3) is 0.542. The molecule has 2 aliphatic rings. The van der Waals surface area contributed by atoms with Crippen molar-refractivity contribution in [2.24, 2.45) is 11.5 Å². The molecule has 1 aromatic carbocycles. The first-order chi connectivity index (χ1) is 18.4. The minimum absolute atomic E-state index is 0.0282. The van der Waals surface area contributed by atoms with E-state index in [1.807, 2.05) is 0 Å². The van der Waals surface area contributed by atoms with E-state index in [4.69, 9.17) is 46.8 Å². The zero-order chi connectivity index (χ0) is 28.8. The maximum Gasteiger partial charge on any atom is 0.335 e. The number of rotatable bonds is 11. The summed E-state index contributed by atoms with van der Waals surface area (Å²) in [6.07, 6.45) is -0.810. The van der Waals surface area contributed by atoms with Gasteiger partial charge in [-0.05, 0) is 37.1 Å². The van der Waals surface area contributed by atoms with Gasteiger partial charge in [-0.15, -0.1) is 0 Å². The summed E-state index contributed by atoms with van der Waals surface area (Å²) in [5, 5.41) is -1.38. The minimum atomic E-state index is -4.06. The van der Waals surface area contributed by atoms with E-state index in [0.717, 1.165) is 12.1 Å². The molecule has 15 heteroatoms. The highest BCUT2D eigenvalue weighted by atomic mass is 35.5. The first-order valence-electron chi connectivity index (χ1n) is 12.1. The van der Waals surface area contributed by atoms with Gasteiger partial charge in [0, 0.05) is 11.4 Å². The number of carbonyl (C=O) groups is 3. The molecule has 0 bridgehead atoms. The standard InChI is InChI=1S/C24H30ClFN2O10S/c1-2-34-23(31)16-8-24(6-5-20(16)39(32,33)13-14-3-4-15(26)7-17(14)25)37-18(11-35-21(29)9-27)19(38-24)12-36-22(30)10-28/h3-4,7-8,18-20H,2,5-6,9-13,27-28H2,1H3/t18-,19-,20?/m1/s1. The van der Waals surface area contributed by atoms with Crippen molar-refractivity contribution in [2.75, 3.05) is 32.9 Å². The van der Waals surface area contributed by atoms with E-state index in [1.165, 1.54) is 12.1 Å². The summed E-state index contributed by atoms with van der Waals surface area (Å²) in [6.45, 7) is 0.153. The predicted molar refractivity (Wildman–Crippen MR) is 134 cm³/mol. The highest BCUT2D eigenvalue weighted by Gasteiger charge is 2.52. The van der Waals surface area contributed by atoms with Gasteiger partial charge in [-0.1, -0.05) is 17.7 Å². The largest absolute Gasteiger partial charge is 0.463 e. The summed E-state index contributed by atoms with van der Waals surface area (Å²) in [5.74, 6) is -5.12. The van der Waals surface area contributed by atoms with Crippen LogP contribution in [0.25, 0.3) is 0 Å². The van der Waals surface area contributed by atoms with Crippen molar-refractivity contribution in [3.8, 4) is 0 Å². The quantitative estimate of drug-likeness (QED) is 0.269. The van der Waals surface area contributed by atoms with Crippen molar-refractivity contribution in [1.29, 1.82) is 0 Å². The second-order valence-corrected chi connectivity index (χ2v) is 11.4. The fourth-order valence-corrected chi connectivity index (χ4v) is 6.48. The summed E-state index contributed by atoms with van der Waals surface area (Å²) in [6, 6.07) is 3.35. The van der Waals surface area contributed by atoms with Gasteiger partial charge in [0.15, 0.2) is 15.6 Å². The van der Waals surface area contributed by atoms with Crippen molar-refractivity contribution < 1.29 is 50.9 Å². The van der Waals surface area contributed by atoms with Crippen LogP contribution in [0.2, 0.25) is 5.02 Å². The Bertz CT molecular complexity index is 1200. The number of ether oxygens (including phenoxy) is 5. The van der Waals surface area contributed by atoms with E-state index in [1.54, 1.807) is 6.92 Å². The van der Waals surface area contributed by atoms with Crippen LogP contribution in [-0.2, 0) is 53.7 Å². The number of hydrogen-bond donors (Lipinski definition) is 2. The lowest BCUT2D eigenvalue weighted by atomic mass is 9.94. The molecule has 1 aliphatic heterocycles. The second kappa shape index (κ2) is 13.2. The number of halogens is 2. The molecule has 4 N–H and O–H groups in total. The molecule has 216 valence electrons. The first-order valence-corrected chi connectivity index (χ1v) is 14.1. The Hall–Kier alpha value is -2.62. The summed E-state index contributed by atoms with van der Waals surface area (Å²) in [7, 11) is -4.06. The first kappa shape index (κ1) is 30.9. The molecule has 1 saturated heterocycles. The van der Waals surface area contributed by atoms with E-state index in [2.05, 4.69) is 0 Å². The van der Waals surface area contributed by atoms with Crippen LogP contribution in [0.4, 0.5) is 4.39 Å². The summed E-state index contributed by atoms with van der Waals surface area (Å²) >= 11 is 6.04. The average molecular weight is 593 g/mol. The van der Waals surface area contributed by atoms with Gasteiger partial charge in [-0.3, -0.25) is 9.59 Å². The van der Waals surface area contributed by atoms with Crippen LogP contribution in [0.15, 0.2) is 29.8 Å². The van der Waals surface area contributed by atoms with Crippen LogP contribution in [0, 0.1) is 5.82 Å². The molecule has 3 rings (SSSR count). The fourth-order valence-electron chi connectivity index (χ4n) is 4.25. The summed E-state index contributed by atoms with van der Waals surface area (Å²) < 4.78 is 67.6. The Kier molecular flexibility index (Phi) is 10.4. The number of sulfone groups is 1. The lowest BCUT2D eigenvalue weighted by Crippen LogP contribution is -2.41. The zero-order valence-electron chi connectivity index (χ0n) is 21.1. The predicted octanol–water partition coefficient (Wildman–Crippen LogP) is 0.530. The second-order valence-electron chi connectivity index (χ2n) is 8.79. The lowest BCUT2D eigenvalue weighted by Gasteiger charge is -2.33. The highest BCUT2D eigenvalue weighted by Crippen LogP contribution is 2.42. The minimum Gasteiger partial charge on any atom is -0.463 e. The Morgan fingerprint density at radius 1 is 1.08 bits per heavy atom. The van der Waals surface area contributed by atoms with E-state index in [0.29, 0.717) is 0 Å². The normalized spacial score (nSPS) is 22.3. The molecule has 39 heavy (non-hydrogen) atoms. The smallest absolute Gasteiger partial charge is 0.335 e. The number of benzene rings is 1. The molecule has 1 heterocycles. The molecule has 1 fully saturated rings. The van der Waals surface area contributed by atoms with Crippen molar-refractivity contribution in [1.82, 2.24) is 0 Å². The third kappa shape index (κ3) is 7.74. The van der Waals surface area contributed by atoms with Gasteiger partial charge in [0.25, 0.3) is 0 Å². The number of carbonyl (C=O) groups excluding carboxylic acids is 3. The Morgan fingerprint density at radius 3 is 2.18 bits per heavy atom. The molecular weight excluding hydrogens is 563 g/mol. The van der Waals surface area contributed by atoms with Gasteiger partial charge in [-0.25, -0.2) is 17.6 Å². The van der Waals surface area contributed by atoms with Crippen LogP contribution in [-0.4, -0.2) is 82.5 Å². The SMILES string of the molecule is CCOC(=O)C1=CC2(CCC1S(=O)(=O)Cc1ccc(F)cc1Cl)O[C@H](COC(=O)CN)[C@@H](COC(=O)CN)O2. The Balaban J connectivity index is 1.92. The number of esters is 3. The maximum absolute atomic E-state index is 13.5. The molecule has 3 atom stereocenters. The van der Waals surface area contributed by atoms with Gasteiger partial charge in [-0.2, -0.15) is 0 Å². The molecule has 0 saturated carbocycles. The monoisotopic (exact) mass is 592 g/mol. The molecule has 1 aromatic rings. The van der Waals surface area contributed by atoms with Crippen molar-refractivity contribution in [2.45, 2.75) is 48.8 Å². The van der Waals surface area contributed by atoms with Crippen molar-refractivity contribution in [3.05, 3.63) is 46.3 Å². The van der Waals surface area contributed by atoms with Crippen LogP contribution < -0.4 is 11.5 Å². The third-order valence-corrected chi connectivity index (χ3v) is 8.48. The van der Waals surface area contributed by atoms with Gasteiger partial charge < -0.3 is 35.2 Å². The Labute approximate surface area is 229 Å². The number of hydrogen-bond acceptors (Lipinski definition) is 12. The molecular formula is C24H30ClFN2O10S. The van der Waals surface area contributed by atoms with Gasteiger partial charge in [0.2, 0.25) is 0 Å². The highest BCUT2D eigenvalue weighted by molar-refractivity contribution is 7.91. The third-order valence-electron chi connectivity index (χ3n) is 6.06. The van der Waals surface area contributed by atoms with Crippen LogP contribution >= 0.6 is 11.6 Å². The molecule has 12 nitrogen and oxygen atoms in total. The molecule has 1 spiro atoms. The van der Waals surface area contributed by atoms with Gasteiger partial charge >= 0.3 is 17.9 Å². The molecule has 0 amide bonds. The van der Waals surface area contributed by atoms with Crippen LogP contribution in [0.3, 0.4) is 0 Å². The van der Waals surface area contributed by atoms with E-state index < -0.39 is 62.6 Å². The van der Waals surface area contributed by atoms with Crippen molar-refractivity contribution in [3.63, 3.8) is 0 Å². The van der Waals surface area contributed by atoms with E-state index in [9.17, 15) is 27.2 Å². The average Bonchev–Trinajstić information content (AvgIpc) is 3.23. The lowest BCUT2D eigenvalue weighted by molar-refractivity contribution is -0.163. The summed E-state index contributed by atoms with van der Waals surface area (Å²) in [4.78, 5) is 36.1. The molecule has 0 aromatic heterocycles. The van der Waals surface area contributed by atoms with Crippen LogP contribution in [0.5, 0.6) is 0 Å². The molecule has 1 unspecified atom stereocenters. The van der Waals surface area contributed by atoms with Crippen molar-refractivity contribution >= 4 is 39.3 Å². The Morgan fingerprint density at radius 2 is 1.67 bits per heavy atom. The van der Waals surface area contributed by atoms with E-state index in [-0.39, 0.29) is 61.9 Å². The topological polar surface area (TPSA) is 184 Å². The summed E-state index contributed by atoms with van der Waals surface area (Å²) in [5.41, 5.74) is 10.5. The molecule has 0 radical (unpaired) electrons. The number of nitrogens with two attached hydrogens (primary N) is 2. The zero-order valence-corrected chi connectivity index (χ0v) is 22.7.